The molecule has 0 spiro atoms. The van der Waals surface area contributed by atoms with Crippen molar-refractivity contribution in [3.8, 4) is 11.5 Å². The van der Waals surface area contributed by atoms with Gasteiger partial charge in [0, 0.05) is 29.2 Å². The van der Waals surface area contributed by atoms with E-state index in [-0.39, 0.29) is 31.1 Å². The van der Waals surface area contributed by atoms with E-state index >= 15 is 0 Å². The van der Waals surface area contributed by atoms with E-state index in [2.05, 4.69) is 5.32 Å². The molecule has 1 aromatic carbocycles. The molecule has 1 saturated carbocycles. The summed E-state index contributed by atoms with van der Waals surface area (Å²) in [5, 5.41) is 13.4. The highest BCUT2D eigenvalue weighted by Crippen LogP contribution is 2.36. The Morgan fingerprint density at radius 1 is 1.28 bits per heavy atom. The second-order valence-corrected chi connectivity index (χ2v) is 6.91. The molecule has 3 atom stereocenters. The second kappa shape index (κ2) is 9.85. The number of ether oxygens (including phenoxy) is 3. The van der Waals surface area contributed by atoms with Crippen LogP contribution in [0.25, 0.3) is 0 Å². The van der Waals surface area contributed by atoms with Gasteiger partial charge in [0.15, 0.2) is 6.61 Å². The Kier molecular flexibility index (Phi) is 7.52. The van der Waals surface area contributed by atoms with Gasteiger partial charge in [0.05, 0.1) is 26.3 Å². The maximum atomic E-state index is 12.1. The molecule has 0 radical (unpaired) electrons. The van der Waals surface area contributed by atoms with E-state index in [0.29, 0.717) is 17.2 Å². The molecule has 1 aromatic rings. The number of hydrogen-bond acceptors (Lipinski definition) is 8. The third kappa shape index (κ3) is 5.90. The zero-order valence-electron chi connectivity index (χ0n) is 16.5. The zero-order chi connectivity index (χ0) is 21.6. The quantitative estimate of drug-likeness (QED) is 0.371. The van der Waals surface area contributed by atoms with Crippen LogP contribution in [0.4, 0.5) is 5.69 Å². The van der Waals surface area contributed by atoms with Crippen LogP contribution in [0.5, 0.6) is 11.5 Å². The topological polar surface area (TPSA) is 134 Å². The van der Waals surface area contributed by atoms with Crippen LogP contribution in [-0.2, 0) is 19.1 Å². The molecule has 10 nitrogen and oxygen atoms in total. The normalized spacial score (nSPS) is 20.8. The van der Waals surface area contributed by atoms with Crippen LogP contribution in [0.15, 0.2) is 18.2 Å². The Morgan fingerprint density at radius 2 is 2.00 bits per heavy atom. The van der Waals surface area contributed by atoms with Crippen molar-refractivity contribution < 1.29 is 33.5 Å². The third-order valence-electron chi connectivity index (χ3n) is 4.98. The average molecular weight is 408 g/mol. The molecule has 0 unspecified atom stereocenters. The first-order valence-corrected chi connectivity index (χ1v) is 9.07. The Morgan fingerprint density at radius 3 is 2.62 bits per heavy atom. The highest BCUT2D eigenvalue weighted by Gasteiger charge is 2.44. The number of nitrogens with zero attached hydrogens (tertiary/aromatic N) is 1. The SMILES string of the molecule is COc1ccc(OC)c(NC(=O)COC(=O)C[C@@H]2C(=O)C[C@H](C)[C@H]2C[N+](=O)[O-])c1. The summed E-state index contributed by atoms with van der Waals surface area (Å²) in [4.78, 5) is 46.6. The van der Waals surface area contributed by atoms with Crippen molar-refractivity contribution in [1.82, 2.24) is 0 Å². The second-order valence-electron chi connectivity index (χ2n) is 6.91. The number of anilines is 1. The number of hydrogen-bond donors (Lipinski definition) is 1. The highest BCUT2D eigenvalue weighted by molar-refractivity contribution is 5.94. The zero-order valence-corrected chi connectivity index (χ0v) is 16.5. The number of ketones is 1. The van der Waals surface area contributed by atoms with E-state index in [9.17, 15) is 24.5 Å². The fraction of sp³-hybridized carbons (Fsp3) is 0.526. The summed E-state index contributed by atoms with van der Waals surface area (Å²) in [6.07, 6.45) is -0.0794. The van der Waals surface area contributed by atoms with Gasteiger partial charge in [0.25, 0.3) is 5.91 Å². The fourth-order valence-corrected chi connectivity index (χ4v) is 3.48. The van der Waals surface area contributed by atoms with Crippen LogP contribution in [0.3, 0.4) is 0 Å². The molecule has 1 aliphatic carbocycles. The number of methoxy groups -OCH3 is 2. The lowest BCUT2D eigenvalue weighted by Gasteiger charge is -2.17. The van der Waals surface area contributed by atoms with Crippen LogP contribution in [0.1, 0.15) is 19.8 Å². The van der Waals surface area contributed by atoms with Crippen LogP contribution >= 0.6 is 0 Å². The summed E-state index contributed by atoms with van der Waals surface area (Å²) >= 11 is 0. The number of nitrogens with one attached hydrogen (secondary N) is 1. The lowest BCUT2D eigenvalue weighted by atomic mass is 9.88. The molecule has 1 fully saturated rings. The van der Waals surface area contributed by atoms with Crippen LogP contribution in [-0.4, -0.2) is 50.0 Å². The summed E-state index contributed by atoms with van der Waals surface area (Å²) in [5.74, 6) is -2.08. The Labute approximate surface area is 167 Å². The van der Waals surface area contributed by atoms with Crippen molar-refractivity contribution in [1.29, 1.82) is 0 Å². The average Bonchev–Trinajstić information content (AvgIpc) is 2.92. The summed E-state index contributed by atoms with van der Waals surface area (Å²) in [7, 11) is 2.92. The molecule has 0 heterocycles. The molecule has 1 aliphatic rings. The van der Waals surface area contributed by atoms with Crippen molar-refractivity contribution >= 4 is 23.3 Å². The van der Waals surface area contributed by atoms with Gasteiger partial charge in [0.2, 0.25) is 6.54 Å². The van der Waals surface area contributed by atoms with Gasteiger partial charge in [-0.15, -0.1) is 0 Å². The summed E-state index contributed by atoms with van der Waals surface area (Å²) in [6, 6.07) is 4.83. The molecular formula is C19H24N2O8. The lowest BCUT2D eigenvalue weighted by molar-refractivity contribution is -0.490. The van der Waals surface area contributed by atoms with Crippen LogP contribution in [0.2, 0.25) is 0 Å². The van der Waals surface area contributed by atoms with E-state index in [1.165, 1.54) is 14.2 Å². The Hall–Kier alpha value is -3.17. The largest absolute Gasteiger partial charge is 0.497 e. The molecular weight excluding hydrogens is 384 g/mol. The maximum absolute atomic E-state index is 12.1. The standard InChI is InChI=1S/C19H24N2O8/c1-11-6-16(22)13(14(11)9-21(25)26)8-19(24)29-10-18(23)20-15-7-12(27-2)4-5-17(15)28-3/h4-5,7,11,13-14H,6,8-10H2,1-3H3,(H,20,23)/t11-,13-,14+/m0/s1. The van der Waals surface area contributed by atoms with Crippen molar-refractivity contribution in [3.63, 3.8) is 0 Å². The molecule has 1 amide bonds. The summed E-state index contributed by atoms with van der Waals surface area (Å²) < 4.78 is 15.2. The molecule has 10 heteroatoms. The summed E-state index contributed by atoms with van der Waals surface area (Å²) in [6.45, 7) is 0.822. The van der Waals surface area contributed by atoms with E-state index in [0.717, 1.165) is 0 Å². The van der Waals surface area contributed by atoms with E-state index in [1.807, 2.05) is 0 Å². The minimum Gasteiger partial charge on any atom is -0.497 e. The molecule has 0 aromatic heterocycles. The van der Waals surface area contributed by atoms with E-state index < -0.39 is 35.2 Å². The molecule has 0 saturated heterocycles. The van der Waals surface area contributed by atoms with Gasteiger partial charge >= 0.3 is 5.97 Å². The van der Waals surface area contributed by atoms with Gasteiger partial charge in [-0.2, -0.15) is 0 Å². The first-order valence-electron chi connectivity index (χ1n) is 9.07. The number of Topliss-reactive ketones (excluding diaryl/α,β-unsaturated/α-hetero) is 1. The van der Waals surface area contributed by atoms with Crippen molar-refractivity contribution in [2.24, 2.45) is 17.8 Å². The highest BCUT2D eigenvalue weighted by atomic mass is 16.6. The van der Waals surface area contributed by atoms with Gasteiger partial charge in [-0.1, -0.05) is 6.92 Å². The van der Waals surface area contributed by atoms with Gasteiger partial charge in [-0.05, 0) is 18.1 Å². The van der Waals surface area contributed by atoms with Crippen molar-refractivity contribution in [2.45, 2.75) is 19.8 Å². The third-order valence-corrected chi connectivity index (χ3v) is 4.98. The minimum absolute atomic E-state index is 0.172. The fourth-order valence-electron chi connectivity index (χ4n) is 3.48. The number of carbonyl (C=O) groups excluding carboxylic acids is 3. The van der Waals surface area contributed by atoms with Crippen molar-refractivity contribution in [2.75, 3.05) is 32.7 Å². The number of nitro groups is 1. The van der Waals surface area contributed by atoms with Gasteiger partial charge in [-0.3, -0.25) is 24.5 Å². The van der Waals surface area contributed by atoms with E-state index in [1.54, 1.807) is 25.1 Å². The monoisotopic (exact) mass is 408 g/mol. The van der Waals surface area contributed by atoms with Crippen molar-refractivity contribution in [3.05, 3.63) is 28.3 Å². The number of amides is 1. The predicted octanol–water partition coefficient (Wildman–Crippen LogP) is 1.69. The number of esters is 1. The van der Waals surface area contributed by atoms with Crippen LogP contribution in [0, 0.1) is 27.9 Å². The Bertz CT molecular complexity index is 794. The smallest absolute Gasteiger partial charge is 0.307 e. The molecule has 1 N–H and O–H groups in total. The molecule has 0 aliphatic heterocycles. The lowest BCUT2D eigenvalue weighted by Crippen LogP contribution is -2.28. The van der Waals surface area contributed by atoms with Gasteiger partial charge in [-0.25, -0.2) is 0 Å². The number of carbonyl (C=O) groups is 3. The molecule has 29 heavy (non-hydrogen) atoms. The summed E-state index contributed by atoms with van der Waals surface area (Å²) in [5.41, 5.74) is 0.346. The van der Waals surface area contributed by atoms with Gasteiger partial charge in [0.1, 0.15) is 17.3 Å². The van der Waals surface area contributed by atoms with E-state index in [4.69, 9.17) is 14.2 Å². The van der Waals surface area contributed by atoms with Crippen LogP contribution < -0.4 is 14.8 Å². The predicted molar refractivity (Wildman–Crippen MR) is 101 cm³/mol. The van der Waals surface area contributed by atoms with Gasteiger partial charge < -0.3 is 19.5 Å². The number of rotatable bonds is 9. The number of benzene rings is 1. The first-order chi connectivity index (χ1) is 13.7. The maximum Gasteiger partial charge on any atom is 0.307 e. The minimum atomic E-state index is -0.760. The Balaban J connectivity index is 1.91. The first kappa shape index (κ1) is 22.1. The molecule has 0 bridgehead atoms. The molecule has 2 rings (SSSR count). The molecule has 158 valence electrons.